The number of piperidine rings is 1. The lowest BCUT2D eigenvalue weighted by Crippen LogP contribution is -2.39. The highest BCUT2D eigenvalue weighted by atomic mass is 16.5. The van der Waals surface area contributed by atoms with Crippen molar-refractivity contribution in [3.8, 4) is 29.1 Å². The van der Waals surface area contributed by atoms with E-state index < -0.39 is 11.8 Å². The normalized spacial score (nSPS) is 15.5. The molecule has 15 heteroatoms. The fourth-order valence-electron chi connectivity index (χ4n) is 6.63. The maximum Gasteiger partial charge on any atom is 0.328 e. The minimum absolute atomic E-state index is 0.0340. The predicted octanol–water partition coefficient (Wildman–Crippen LogP) is 3.01. The molecule has 1 atom stereocenters. The van der Waals surface area contributed by atoms with Crippen LogP contribution in [0, 0.1) is 18.8 Å². The second kappa shape index (κ2) is 12.8. The van der Waals surface area contributed by atoms with Crippen LogP contribution in [0.15, 0.2) is 64.2 Å². The summed E-state index contributed by atoms with van der Waals surface area (Å²) in [5, 5.41) is 5.78. The second-order valence-corrected chi connectivity index (χ2v) is 12.6. The van der Waals surface area contributed by atoms with E-state index in [1.807, 2.05) is 18.2 Å². The van der Waals surface area contributed by atoms with Crippen LogP contribution in [-0.2, 0) is 23.7 Å². The summed E-state index contributed by atoms with van der Waals surface area (Å²) in [6.45, 7) is 2.80. The first-order chi connectivity index (χ1) is 25.2. The number of fused-ring (bicyclic) bond motifs is 3. The van der Waals surface area contributed by atoms with Crippen molar-refractivity contribution in [1.29, 1.82) is 0 Å². The molecule has 1 unspecified atom stereocenters. The van der Waals surface area contributed by atoms with Gasteiger partial charge in [-0.3, -0.25) is 38.8 Å². The summed E-state index contributed by atoms with van der Waals surface area (Å²) >= 11 is 0. The van der Waals surface area contributed by atoms with Crippen LogP contribution in [0.5, 0.6) is 5.88 Å². The zero-order valence-electron chi connectivity index (χ0n) is 28.4. The van der Waals surface area contributed by atoms with E-state index in [1.165, 1.54) is 0 Å². The number of carbonyl (C=O) groups is 3. The Hall–Kier alpha value is -6.82. The molecular weight excluding hydrogens is 666 g/mol. The zero-order valence-corrected chi connectivity index (χ0v) is 28.4. The zero-order chi connectivity index (χ0) is 36.1. The molecule has 1 saturated heterocycles. The van der Waals surface area contributed by atoms with Crippen LogP contribution in [-0.4, -0.2) is 66.5 Å². The molecule has 6 aromatic rings. The maximum absolute atomic E-state index is 13.0. The van der Waals surface area contributed by atoms with Gasteiger partial charge in [-0.25, -0.2) is 9.78 Å². The van der Waals surface area contributed by atoms with E-state index in [0.29, 0.717) is 70.5 Å². The summed E-state index contributed by atoms with van der Waals surface area (Å²) in [7, 11) is 3.50. The van der Waals surface area contributed by atoms with Crippen LogP contribution in [0.25, 0.3) is 33.4 Å². The number of anilines is 2. The van der Waals surface area contributed by atoms with E-state index in [9.17, 15) is 19.2 Å². The van der Waals surface area contributed by atoms with Crippen molar-refractivity contribution in [2.75, 3.05) is 24.6 Å². The van der Waals surface area contributed by atoms with Crippen molar-refractivity contribution in [2.24, 2.45) is 14.1 Å². The van der Waals surface area contributed by atoms with Gasteiger partial charge in [0.1, 0.15) is 23.6 Å². The monoisotopic (exact) mass is 697 g/mol. The Bertz CT molecular complexity index is 2590. The number of benzene rings is 1. The number of hydrogen-bond acceptors (Lipinski definition) is 11. The minimum Gasteiger partial charge on any atom is -0.474 e. The summed E-state index contributed by atoms with van der Waals surface area (Å²) in [6.07, 6.45) is 5.41. The number of furan rings is 1. The van der Waals surface area contributed by atoms with Gasteiger partial charge in [0.25, 0.3) is 5.91 Å². The number of aromatic nitrogens is 6. The molecule has 2 N–H and O–H groups in total. The lowest BCUT2D eigenvalue weighted by atomic mass is 9.92. The first-order valence-corrected chi connectivity index (χ1v) is 16.6. The summed E-state index contributed by atoms with van der Waals surface area (Å²) in [4.78, 5) is 69.6. The van der Waals surface area contributed by atoms with Crippen molar-refractivity contribution in [1.82, 2.24) is 39.7 Å². The molecule has 1 aromatic carbocycles. The Morgan fingerprint density at radius 1 is 1.04 bits per heavy atom. The number of amides is 3. The van der Waals surface area contributed by atoms with Crippen LogP contribution in [0.2, 0.25) is 0 Å². The summed E-state index contributed by atoms with van der Waals surface area (Å²) in [5.74, 6) is 5.34. The predicted molar refractivity (Wildman–Crippen MR) is 189 cm³/mol. The molecule has 0 saturated carbocycles. The Kier molecular flexibility index (Phi) is 7.98. The Morgan fingerprint density at radius 3 is 2.71 bits per heavy atom. The van der Waals surface area contributed by atoms with Crippen LogP contribution in [0.1, 0.15) is 46.3 Å². The quantitative estimate of drug-likeness (QED) is 0.200. The van der Waals surface area contributed by atoms with Gasteiger partial charge in [-0.2, -0.15) is 4.98 Å². The molecule has 8 rings (SSSR count). The van der Waals surface area contributed by atoms with Crippen LogP contribution < -0.4 is 26.0 Å². The van der Waals surface area contributed by atoms with Gasteiger partial charge in [0.2, 0.25) is 17.7 Å². The molecule has 5 aromatic heterocycles. The SMILES string of the molecule is Cc1cc(-c2ncc3c(n2)OCCN3c2ccc3c(c2)n(C)c(=O)n3C)cnc1C(=O)NCC#Cc1cc2c(C3CCC(=O)NC3=O)nccc2o1. The summed E-state index contributed by atoms with van der Waals surface area (Å²) in [6, 6.07) is 11.0. The Balaban J connectivity index is 0.947. The van der Waals surface area contributed by atoms with Gasteiger partial charge in [-0.15, -0.1) is 0 Å². The molecule has 2 aliphatic rings. The molecule has 7 heterocycles. The van der Waals surface area contributed by atoms with Crippen molar-refractivity contribution in [3.63, 3.8) is 0 Å². The van der Waals surface area contributed by atoms with E-state index in [-0.39, 0.29) is 36.2 Å². The highest BCUT2D eigenvalue weighted by Gasteiger charge is 2.31. The lowest BCUT2D eigenvalue weighted by molar-refractivity contribution is -0.134. The van der Waals surface area contributed by atoms with E-state index in [0.717, 1.165) is 16.7 Å². The van der Waals surface area contributed by atoms with Crippen molar-refractivity contribution < 1.29 is 23.5 Å². The number of nitrogens with one attached hydrogen (secondary N) is 2. The molecule has 2 aliphatic heterocycles. The van der Waals surface area contributed by atoms with Gasteiger partial charge < -0.3 is 19.4 Å². The second-order valence-electron chi connectivity index (χ2n) is 12.6. The van der Waals surface area contributed by atoms with E-state index in [1.54, 1.807) is 66.9 Å². The third-order valence-electron chi connectivity index (χ3n) is 9.29. The average molecular weight is 698 g/mol. The first-order valence-electron chi connectivity index (χ1n) is 16.6. The molecule has 15 nitrogen and oxygen atoms in total. The number of imide groups is 1. The molecule has 0 aliphatic carbocycles. The van der Waals surface area contributed by atoms with Crippen molar-refractivity contribution >= 4 is 51.1 Å². The molecule has 52 heavy (non-hydrogen) atoms. The number of carbonyl (C=O) groups excluding carboxylic acids is 3. The Labute approximate surface area is 295 Å². The van der Waals surface area contributed by atoms with Gasteiger partial charge in [-0.05, 0) is 55.2 Å². The fourth-order valence-corrected chi connectivity index (χ4v) is 6.63. The van der Waals surface area contributed by atoms with Crippen LogP contribution in [0.3, 0.4) is 0 Å². The molecular formula is C37H31N9O6. The fraction of sp³-hybridized carbons (Fsp3) is 0.243. The highest BCUT2D eigenvalue weighted by molar-refractivity contribution is 6.02. The highest BCUT2D eigenvalue weighted by Crippen LogP contribution is 2.37. The molecule has 0 bridgehead atoms. The third kappa shape index (κ3) is 5.69. The number of hydrogen-bond donors (Lipinski definition) is 2. The van der Waals surface area contributed by atoms with Gasteiger partial charge in [0.05, 0.1) is 41.9 Å². The smallest absolute Gasteiger partial charge is 0.328 e. The number of imidazole rings is 1. The maximum atomic E-state index is 13.0. The minimum atomic E-state index is -0.556. The Morgan fingerprint density at radius 2 is 1.88 bits per heavy atom. The number of nitrogens with zero attached hydrogens (tertiary/aromatic N) is 7. The van der Waals surface area contributed by atoms with E-state index >= 15 is 0 Å². The van der Waals surface area contributed by atoms with Crippen molar-refractivity contribution in [3.05, 3.63) is 88.2 Å². The van der Waals surface area contributed by atoms with Gasteiger partial charge in [-0.1, -0.05) is 5.92 Å². The number of pyridine rings is 2. The van der Waals surface area contributed by atoms with Gasteiger partial charge in [0, 0.05) is 55.6 Å². The molecule has 0 spiro atoms. The topological polar surface area (TPSA) is 179 Å². The van der Waals surface area contributed by atoms with Crippen LogP contribution >= 0.6 is 0 Å². The number of rotatable bonds is 5. The summed E-state index contributed by atoms with van der Waals surface area (Å²) in [5.41, 5.74) is 5.69. The van der Waals surface area contributed by atoms with Crippen LogP contribution in [0.4, 0.5) is 11.4 Å². The average Bonchev–Trinajstić information content (AvgIpc) is 3.66. The largest absolute Gasteiger partial charge is 0.474 e. The lowest BCUT2D eigenvalue weighted by Gasteiger charge is -2.30. The standard InChI is InChI=1S/C37H31N9O6/c1-20-15-21(33-41-19-28-36(43-33)51-14-13-46(28)22-6-8-26-27(16-22)45(3)37(50)44(26)2)18-40-31(20)35(49)39-11-4-5-23-17-25-29(52-23)10-12-38-32(25)24-7-9-30(47)42-34(24)48/h6,8,10,12,15-19,24H,7,9,11,13-14H2,1-3H3,(H,39,49)(H,42,47,48). The third-order valence-corrected chi connectivity index (χ3v) is 9.29. The molecule has 0 radical (unpaired) electrons. The molecule has 3 amide bonds. The van der Waals surface area contributed by atoms with E-state index in [4.69, 9.17) is 9.15 Å². The molecule has 1 fully saturated rings. The molecule has 260 valence electrons. The van der Waals surface area contributed by atoms with Gasteiger partial charge in [0.15, 0.2) is 11.6 Å². The van der Waals surface area contributed by atoms with Gasteiger partial charge >= 0.3 is 5.69 Å². The number of aryl methyl sites for hydroxylation is 3. The summed E-state index contributed by atoms with van der Waals surface area (Å²) < 4.78 is 15.0. The van der Waals surface area contributed by atoms with E-state index in [2.05, 4.69) is 47.3 Å². The number of ether oxygens (including phenoxy) is 1. The van der Waals surface area contributed by atoms with Crippen molar-refractivity contribution in [2.45, 2.75) is 25.7 Å². The first kappa shape index (κ1) is 32.4.